The summed E-state index contributed by atoms with van der Waals surface area (Å²) in [6.45, 7) is 2.82. The van der Waals surface area contributed by atoms with Crippen molar-refractivity contribution >= 4 is 11.4 Å². The van der Waals surface area contributed by atoms with Gasteiger partial charge in [0, 0.05) is 6.54 Å². The average molecular weight is 244 g/mol. The normalized spacial score (nSPS) is 10.3. The van der Waals surface area contributed by atoms with E-state index in [1.807, 2.05) is 12.1 Å². The summed E-state index contributed by atoms with van der Waals surface area (Å²) in [6.07, 6.45) is 0.997. The molecule has 0 saturated carbocycles. The van der Waals surface area contributed by atoms with Crippen LogP contribution >= 0.6 is 0 Å². The third-order valence-corrected chi connectivity index (χ3v) is 2.98. The van der Waals surface area contributed by atoms with Crippen molar-refractivity contribution in [2.45, 2.75) is 19.9 Å². The molecule has 0 fully saturated rings. The van der Waals surface area contributed by atoms with Gasteiger partial charge in [-0.1, -0.05) is 31.2 Å². The number of rotatable bonds is 4. The standard InChI is InChI=1S/C15H17FN2/c1-2-11-5-3-4-6-12(11)10-18-15-8-7-13(16)9-14(15)17/h3-9,18H,2,10,17H2,1H3. The molecule has 18 heavy (non-hydrogen) atoms. The molecule has 0 atom stereocenters. The van der Waals surface area contributed by atoms with Gasteiger partial charge in [0.05, 0.1) is 11.4 Å². The second kappa shape index (κ2) is 5.54. The number of halogens is 1. The molecule has 0 amide bonds. The second-order valence-electron chi connectivity index (χ2n) is 4.21. The summed E-state index contributed by atoms with van der Waals surface area (Å²) in [6, 6.07) is 12.7. The first-order chi connectivity index (χ1) is 8.70. The van der Waals surface area contributed by atoms with Crippen LogP contribution in [-0.4, -0.2) is 0 Å². The highest BCUT2D eigenvalue weighted by atomic mass is 19.1. The van der Waals surface area contributed by atoms with Gasteiger partial charge < -0.3 is 11.1 Å². The van der Waals surface area contributed by atoms with E-state index in [2.05, 4.69) is 24.4 Å². The van der Waals surface area contributed by atoms with Gasteiger partial charge in [0.25, 0.3) is 0 Å². The Balaban J connectivity index is 2.11. The molecule has 0 unspecified atom stereocenters. The van der Waals surface area contributed by atoms with E-state index in [4.69, 9.17) is 5.73 Å². The molecule has 0 aliphatic carbocycles. The quantitative estimate of drug-likeness (QED) is 0.807. The first-order valence-corrected chi connectivity index (χ1v) is 6.06. The first-order valence-electron chi connectivity index (χ1n) is 6.06. The van der Waals surface area contributed by atoms with E-state index in [-0.39, 0.29) is 5.82 Å². The highest BCUT2D eigenvalue weighted by Gasteiger charge is 2.02. The van der Waals surface area contributed by atoms with Gasteiger partial charge in [0.1, 0.15) is 5.82 Å². The lowest BCUT2D eigenvalue weighted by Crippen LogP contribution is -2.04. The fraction of sp³-hybridized carbons (Fsp3) is 0.200. The molecule has 94 valence electrons. The number of nitrogens with one attached hydrogen (secondary N) is 1. The van der Waals surface area contributed by atoms with E-state index >= 15 is 0 Å². The molecule has 2 aromatic rings. The molecule has 0 bridgehead atoms. The summed E-state index contributed by atoms with van der Waals surface area (Å²) in [5.74, 6) is -0.313. The molecule has 0 radical (unpaired) electrons. The van der Waals surface area contributed by atoms with Crippen LogP contribution in [0.25, 0.3) is 0 Å². The van der Waals surface area contributed by atoms with Crippen molar-refractivity contribution in [1.82, 2.24) is 0 Å². The lowest BCUT2D eigenvalue weighted by molar-refractivity contribution is 0.628. The number of hydrogen-bond donors (Lipinski definition) is 2. The fourth-order valence-electron chi connectivity index (χ4n) is 1.96. The largest absolute Gasteiger partial charge is 0.397 e. The lowest BCUT2D eigenvalue weighted by Gasteiger charge is -2.12. The molecule has 2 rings (SSSR count). The minimum absolute atomic E-state index is 0.313. The molecule has 0 aromatic heterocycles. The number of benzene rings is 2. The van der Waals surface area contributed by atoms with E-state index < -0.39 is 0 Å². The number of nitrogens with two attached hydrogens (primary N) is 1. The maximum absolute atomic E-state index is 12.9. The lowest BCUT2D eigenvalue weighted by atomic mass is 10.1. The van der Waals surface area contributed by atoms with Crippen molar-refractivity contribution in [3.63, 3.8) is 0 Å². The molecule has 0 aliphatic heterocycles. The van der Waals surface area contributed by atoms with Gasteiger partial charge in [-0.2, -0.15) is 0 Å². The van der Waals surface area contributed by atoms with E-state index in [0.717, 1.165) is 12.1 Å². The van der Waals surface area contributed by atoms with E-state index in [0.29, 0.717) is 12.2 Å². The Morgan fingerprint density at radius 3 is 2.50 bits per heavy atom. The molecule has 2 nitrogen and oxygen atoms in total. The van der Waals surface area contributed by atoms with Crippen molar-refractivity contribution in [3.8, 4) is 0 Å². The Bertz CT molecular complexity index is 538. The predicted molar refractivity (Wildman–Crippen MR) is 74.0 cm³/mol. The van der Waals surface area contributed by atoms with Gasteiger partial charge in [-0.15, -0.1) is 0 Å². The molecular weight excluding hydrogens is 227 g/mol. The second-order valence-corrected chi connectivity index (χ2v) is 4.21. The van der Waals surface area contributed by atoms with Crippen molar-refractivity contribution in [2.75, 3.05) is 11.1 Å². The Hall–Kier alpha value is -2.03. The number of nitrogen functional groups attached to an aromatic ring is 1. The zero-order valence-corrected chi connectivity index (χ0v) is 10.4. The Kier molecular flexibility index (Phi) is 3.82. The van der Waals surface area contributed by atoms with Crippen molar-refractivity contribution in [1.29, 1.82) is 0 Å². The van der Waals surface area contributed by atoms with Crippen molar-refractivity contribution in [3.05, 3.63) is 59.4 Å². The minimum Gasteiger partial charge on any atom is -0.397 e. The molecular formula is C15H17FN2. The van der Waals surface area contributed by atoms with Crippen LogP contribution in [0.15, 0.2) is 42.5 Å². The minimum atomic E-state index is -0.313. The Labute approximate surface area is 107 Å². The summed E-state index contributed by atoms with van der Waals surface area (Å²) in [5, 5.41) is 3.24. The molecule has 0 saturated heterocycles. The highest BCUT2D eigenvalue weighted by Crippen LogP contribution is 2.20. The third kappa shape index (κ3) is 2.80. The van der Waals surface area contributed by atoms with Crippen LogP contribution in [0.1, 0.15) is 18.1 Å². The molecule has 0 heterocycles. The summed E-state index contributed by atoms with van der Waals surface area (Å²) < 4.78 is 12.9. The number of anilines is 2. The van der Waals surface area contributed by atoms with Crippen LogP contribution in [-0.2, 0) is 13.0 Å². The monoisotopic (exact) mass is 244 g/mol. The summed E-state index contributed by atoms with van der Waals surface area (Å²) >= 11 is 0. The third-order valence-electron chi connectivity index (χ3n) is 2.98. The van der Waals surface area contributed by atoms with Crippen LogP contribution in [0.2, 0.25) is 0 Å². The van der Waals surface area contributed by atoms with Crippen molar-refractivity contribution in [2.24, 2.45) is 0 Å². The predicted octanol–water partition coefficient (Wildman–Crippen LogP) is 3.58. The average Bonchev–Trinajstić information content (AvgIpc) is 2.38. The van der Waals surface area contributed by atoms with Gasteiger partial charge in [-0.3, -0.25) is 0 Å². The maximum atomic E-state index is 12.9. The summed E-state index contributed by atoms with van der Waals surface area (Å²) in [5.41, 5.74) is 9.50. The molecule has 0 spiro atoms. The summed E-state index contributed by atoms with van der Waals surface area (Å²) in [7, 11) is 0. The Morgan fingerprint density at radius 1 is 1.11 bits per heavy atom. The van der Waals surface area contributed by atoms with Crippen molar-refractivity contribution < 1.29 is 4.39 Å². The number of aryl methyl sites for hydroxylation is 1. The zero-order valence-electron chi connectivity index (χ0n) is 10.4. The fourth-order valence-corrected chi connectivity index (χ4v) is 1.96. The van der Waals surface area contributed by atoms with Crippen LogP contribution in [0.5, 0.6) is 0 Å². The zero-order chi connectivity index (χ0) is 13.0. The van der Waals surface area contributed by atoms with E-state index in [1.165, 1.54) is 23.3 Å². The van der Waals surface area contributed by atoms with Gasteiger partial charge in [0.15, 0.2) is 0 Å². The van der Waals surface area contributed by atoms with Gasteiger partial charge in [-0.25, -0.2) is 4.39 Å². The molecule has 2 aromatic carbocycles. The van der Waals surface area contributed by atoms with Crippen LogP contribution < -0.4 is 11.1 Å². The highest BCUT2D eigenvalue weighted by molar-refractivity contribution is 5.66. The molecule has 3 N–H and O–H groups in total. The maximum Gasteiger partial charge on any atom is 0.125 e. The van der Waals surface area contributed by atoms with Crippen LogP contribution in [0.3, 0.4) is 0 Å². The van der Waals surface area contributed by atoms with Gasteiger partial charge in [-0.05, 0) is 35.7 Å². The smallest absolute Gasteiger partial charge is 0.125 e. The molecule has 0 aliphatic rings. The van der Waals surface area contributed by atoms with Crippen LogP contribution in [0, 0.1) is 5.82 Å². The first kappa shape index (κ1) is 12.4. The van der Waals surface area contributed by atoms with E-state index in [1.54, 1.807) is 6.07 Å². The van der Waals surface area contributed by atoms with Crippen LogP contribution in [0.4, 0.5) is 15.8 Å². The summed E-state index contributed by atoms with van der Waals surface area (Å²) in [4.78, 5) is 0. The topological polar surface area (TPSA) is 38.0 Å². The van der Waals surface area contributed by atoms with Gasteiger partial charge >= 0.3 is 0 Å². The van der Waals surface area contributed by atoms with Gasteiger partial charge in [0.2, 0.25) is 0 Å². The molecule has 3 heteroatoms. The SMILES string of the molecule is CCc1ccccc1CNc1ccc(F)cc1N. The number of hydrogen-bond acceptors (Lipinski definition) is 2. The van der Waals surface area contributed by atoms with E-state index in [9.17, 15) is 4.39 Å². The Morgan fingerprint density at radius 2 is 1.83 bits per heavy atom.